The van der Waals surface area contributed by atoms with Gasteiger partial charge >= 0.3 is 5.97 Å². The molecule has 0 bridgehead atoms. The van der Waals surface area contributed by atoms with Crippen LogP contribution in [0.1, 0.15) is 12.5 Å². The van der Waals surface area contributed by atoms with Crippen LogP contribution in [0.2, 0.25) is 0 Å². The monoisotopic (exact) mass is 507 g/mol. The predicted molar refractivity (Wildman–Crippen MR) is 106 cm³/mol. The highest BCUT2D eigenvalue weighted by Crippen LogP contribution is 2.42. The summed E-state index contributed by atoms with van der Waals surface area (Å²) in [7, 11) is 1.28. The lowest BCUT2D eigenvalue weighted by atomic mass is 10.2. The number of carbonyl (C=O) groups excluding carboxylic acids is 2. The molecular weight excluding hydrogens is 494 g/mol. The van der Waals surface area contributed by atoms with Gasteiger partial charge in [0.2, 0.25) is 5.91 Å². The zero-order valence-electron chi connectivity index (χ0n) is 13.9. The van der Waals surface area contributed by atoms with Crippen LogP contribution in [0.25, 0.3) is 0 Å². The molecule has 1 heterocycles. The molecule has 8 nitrogen and oxygen atoms in total. The second-order valence-electron chi connectivity index (χ2n) is 4.71. The first kappa shape index (κ1) is 20.7. The fourth-order valence-corrected chi connectivity index (χ4v) is 3.38. The Morgan fingerprint density at radius 3 is 2.77 bits per heavy atom. The van der Waals surface area contributed by atoms with Crippen molar-refractivity contribution in [3.63, 3.8) is 0 Å². The molecule has 2 rings (SSSR count). The van der Waals surface area contributed by atoms with Crippen molar-refractivity contribution in [3.05, 3.63) is 20.6 Å². The maximum atomic E-state index is 11.3. The molecule has 0 radical (unpaired) electrons. The Labute approximate surface area is 171 Å². The average Bonchev–Trinajstić information content (AvgIpc) is 3.04. The van der Waals surface area contributed by atoms with E-state index in [-0.39, 0.29) is 12.5 Å². The number of hydrogen-bond donors (Lipinski definition) is 1. The van der Waals surface area contributed by atoms with Crippen molar-refractivity contribution in [2.24, 2.45) is 10.2 Å². The van der Waals surface area contributed by atoms with Crippen LogP contribution >= 0.6 is 43.6 Å². The largest absolute Gasteiger partial charge is 0.490 e. The molecule has 0 spiro atoms. The SMILES string of the molecule is CCOc1cc(C=NN=C2NC(=O)CS2)c(Br)c(Br)c1OCC(=O)OC. The van der Waals surface area contributed by atoms with E-state index in [1.807, 2.05) is 6.92 Å². The lowest BCUT2D eigenvalue weighted by molar-refractivity contribution is -0.143. The van der Waals surface area contributed by atoms with Gasteiger partial charge in [-0.15, -0.1) is 5.10 Å². The third-order valence-electron chi connectivity index (χ3n) is 2.95. The Morgan fingerprint density at radius 1 is 1.38 bits per heavy atom. The van der Waals surface area contributed by atoms with Crippen molar-refractivity contribution in [2.75, 3.05) is 26.1 Å². The van der Waals surface area contributed by atoms with E-state index >= 15 is 0 Å². The highest BCUT2D eigenvalue weighted by atomic mass is 79.9. The minimum atomic E-state index is -0.506. The molecule has 0 atom stereocenters. The number of carbonyl (C=O) groups is 2. The number of benzene rings is 1. The van der Waals surface area contributed by atoms with Gasteiger partial charge in [0.05, 0.1) is 30.2 Å². The predicted octanol–water partition coefficient (Wildman–Crippen LogP) is 2.72. The molecule has 140 valence electrons. The number of amidine groups is 1. The summed E-state index contributed by atoms with van der Waals surface area (Å²) in [5.74, 6) is 0.534. The van der Waals surface area contributed by atoms with E-state index in [1.54, 1.807) is 6.07 Å². The smallest absolute Gasteiger partial charge is 0.343 e. The molecule has 1 aromatic rings. The number of nitrogens with zero attached hydrogens (tertiary/aromatic N) is 2. The standard InChI is InChI=1S/C15H15Br2N3O5S/c1-3-24-9-4-8(5-18-20-15-19-10(21)7-26-15)12(16)13(17)14(9)25-6-11(22)23-2/h4-5H,3,6-7H2,1-2H3,(H,19,20,21). The molecule has 0 aliphatic carbocycles. The van der Waals surface area contributed by atoms with Crippen LogP contribution in [0.15, 0.2) is 25.2 Å². The molecule has 1 aromatic carbocycles. The van der Waals surface area contributed by atoms with Gasteiger partial charge in [-0.1, -0.05) is 11.8 Å². The van der Waals surface area contributed by atoms with Crippen LogP contribution in [0.4, 0.5) is 0 Å². The first-order valence-electron chi connectivity index (χ1n) is 7.34. The number of thioether (sulfide) groups is 1. The van der Waals surface area contributed by atoms with Gasteiger partial charge in [-0.25, -0.2) is 4.79 Å². The van der Waals surface area contributed by atoms with E-state index in [1.165, 1.54) is 25.1 Å². The number of methoxy groups -OCH3 is 1. The lowest BCUT2D eigenvalue weighted by Gasteiger charge is -2.15. The molecule has 11 heteroatoms. The van der Waals surface area contributed by atoms with E-state index in [0.29, 0.717) is 43.5 Å². The number of rotatable bonds is 7. The zero-order chi connectivity index (χ0) is 19.1. The third-order valence-corrected chi connectivity index (χ3v) is 5.96. The van der Waals surface area contributed by atoms with Crippen LogP contribution in [0, 0.1) is 0 Å². The number of halogens is 2. The number of ether oxygens (including phenoxy) is 3. The van der Waals surface area contributed by atoms with Crippen molar-refractivity contribution in [1.29, 1.82) is 0 Å². The Hall–Kier alpha value is -1.59. The molecule has 0 unspecified atom stereocenters. The maximum absolute atomic E-state index is 11.3. The van der Waals surface area contributed by atoms with Gasteiger partial charge in [-0.3, -0.25) is 4.79 Å². The van der Waals surface area contributed by atoms with Gasteiger partial charge in [-0.2, -0.15) is 5.10 Å². The summed E-state index contributed by atoms with van der Waals surface area (Å²) < 4.78 is 16.9. The molecule has 1 fully saturated rings. The summed E-state index contributed by atoms with van der Waals surface area (Å²) in [5.41, 5.74) is 0.671. The van der Waals surface area contributed by atoms with Crippen LogP contribution in [0.3, 0.4) is 0 Å². The molecule has 1 N–H and O–H groups in total. The Balaban J connectivity index is 2.27. The van der Waals surface area contributed by atoms with Crippen molar-refractivity contribution in [1.82, 2.24) is 5.32 Å². The second-order valence-corrected chi connectivity index (χ2v) is 7.26. The van der Waals surface area contributed by atoms with Crippen LogP contribution in [-0.4, -0.2) is 49.3 Å². The number of hydrogen-bond acceptors (Lipinski definition) is 8. The summed E-state index contributed by atoms with van der Waals surface area (Å²) in [6.45, 7) is 1.99. The van der Waals surface area contributed by atoms with Gasteiger partial charge in [0.1, 0.15) is 0 Å². The third kappa shape index (κ3) is 5.45. The fourth-order valence-electron chi connectivity index (χ4n) is 1.81. The number of amides is 1. The topological polar surface area (TPSA) is 98.6 Å². The van der Waals surface area contributed by atoms with E-state index in [0.717, 1.165) is 0 Å². The quantitative estimate of drug-likeness (QED) is 0.345. The minimum Gasteiger partial charge on any atom is -0.490 e. The van der Waals surface area contributed by atoms with Crippen molar-refractivity contribution in [3.8, 4) is 11.5 Å². The molecule has 0 aromatic heterocycles. The fraction of sp³-hybridized carbons (Fsp3) is 0.333. The van der Waals surface area contributed by atoms with E-state index < -0.39 is 5.97 Å². The molecular formula is C15H15Br2N3O5S. The molecule has 1 aliphatic rings. The van der Waals surface area contributed by atoms with Crippen LogP contribution in [-0.2, 0) is 14.3 Å². The molecule has 0 saturated carbocycles. The summed E-state index contributed by atoms with van der Waals surface area (Å²) in [6, 6.07) is 1.70. The summed E-state index contributed by atoms with van der Waals surface area (Å²) in [4.78, 5) is 22.5. The van der Waals surface area contributed by atoms with E-state index in [4.69, 9.17) is 9.47 Å². The van der Waals surface area contributed by atoms with Crippen molar-refractivity contribution < 1.29 is 23.8 Å². The summed E-state index contributed by atoms with van der Waals surface area (Å²) in [5, 5.41) is 11.0. The first-order chi connectivity index (χ1) is 12.5. The Kier molecular flexibility index (Phi) is 7.91. The Morgan fingerprint density at radius 2 is 2.15 bits per heavy atom. The van der Waals surface area contributed by atoms with Crippen LogP contribution < -0.4 is 14.8 Å². The van der Waals surface area contributed by atoms with Crippen molar-refractivity contribution >= 4 is 66.9 Å². The highest BCUT2D eigenvalue weighted by Gasteiger charge is 2.19. The van der Waals surface area contributed by atoms with Gasteiger partial charge in [0, 0.05) is 10.0 Å². The molecule has 1 aliphatic heterocycles. The van der Waals surface area contributed by atoms with E-state index in [9.17, 15) is 9.59 Å². The summed E-state index contributed by atoms with van der Waals surface area (Å²) >= 11 is 8.16. The zero-order valence-corrected chi connectivity index (χ0v) is 17.9. The van der Waals surface area contributed by atoms with Gasteiger partial charge in [-0.05, 0) is 44.8 Å². The molecule has 1 amide bonds. The normalized spacial score (nSPS) is 15.4. The van der Waals surface area contributed by atoms with Crippen molar-refractivity contribution in [2.45, 2.75) is 6.92 Å². The van der Waals surface area contributed by atoms with Crippen LogP contribution in [0.5, 0.6) is 11.5 Å². The lowest BCUT2D eigenvalue weighted by Crippen LogP contribution is -2.19. The number of esters is 1. The Bertz CT molecular complexity index is 770. The van der Waals surface area contributed by atoms with Gasteiger partial charge in [0.25, 0.3) is 0 Å². The molecule has 1 saturated heterocycles. The second kappa shape index (κ2) is 9.93. The van der Waals surface area contributed by atoms with Gasteiger partial charge < -0.3 is 19.5 Å². The highest BCUT2D eigenvalue weighted by molar-refractivity contribution is 9.13. The molecule has 26 heavy (non-hydrogen) atoms. The maximum Gasteiger partial charge on any atom is 0.343 e. The van der Waals surface area contributed by atoms with Gasteiger partial charge in [0.15, 0.2) is 23.3 Å². The minimum absolute atomic E-state index is 0.0985. The van der Waals surface area contributed by atoms with E-state index in [2.05, 4.69) is 52.1 Å². The number of nitrogens with one attached hydrogen (secondary N) is 1. The average molecular weight is 509 g/mol. The first-order valence-corrected chi connectivity index (χ1v) is 9.91. The summed E-state index contributed by atoms with van der Waals surface area (Å²) in [6.07, 6.45) is 1.51.